The monoisotopic (exact) mass is 402 g/mol. The van der Waals surface area contributed by atoms with Gasteiger partial charge in [-0.1, -0.05) is 18.2 Å². The lowest BCUT2D eigenvalue weighted by molar-refractivity contribution is -0.142. The Morgan fingerprint density at radius 1 is 0.897 bits per heavy atom. The van der Waals surface area contributed by atoms with Crippen molar-refractivity contribution in [3.8, 4) is 0 Å². The molecule has 1 aromatic carbocycles. The molecule has 1 saturated heterocycles. The quantitative estimate of drug-likeness (QED) is 0.566. The molecule has 156 valence electrons. The molecule has 3 rings (SSSR count). The fourth-order valence-corrected chi connectivity index (χ4v) is 3.80. The van der Waals surface area contributed by atoms with Crippen molar-refractivity contribution >= 4 is 23.7 Å². The number of methoxy groups -OCH3 is 2. The summed E-state index contributed by atoms with van der Waals surface area (Å²) in [5.41, 5.74) is 0.543. The van der Waals surface area contributed by atoms with Gasteiger partial charge in [0.15, 0.2) is 0 Å². The summed E-state index contributed by atoms with van der Waals surface area (Å²) in [5.74, 6) is -1.27. The van der Waals surface area contributed by atoms with Crippen molar-refractivity contribution in [2.45, 2.75) is 38.5 Å². The highest BCUT2D eigenvalue weighted by Gasteiger charge is 2.57. The minimum absolute atomic E-state index is 0.135. The Morgan fingerprint density at radius 3 is 1.97 bits per heavy atom. The van der Waals surface area contributed by atoms with E-state index in [-0.39, 0.29) is 11.1 Å². The topological polar surface area (TPSA) is 85.4 Å². The molecule has 1 amide bonds. The molecule has 0 spiro atoms. The molecule has 8 nitrogen and oxygen atoms in total. The van der Waals surface area contributed by atoms with E-state index in [1.54, 1.807) is 20.8 Å². The van der Waals surface area contributed by atoms with E-state index in [4.69, 9.17) is 14.2 Å². The van der Waals surface area contributed by atoms with E-state index in [2.05, 4.69) is 0 Å². The number of hydrogen-bond donors (Lipinski definition) is 0. The molecule has 0 radical (unpaired) electrons. The van der Waals surface area contributed by atoms with E-state index in [1.165, 1.54) is 19.1 Å². The summed E-state index contributed by atoms with van der Waals surface area (Å²) >= 11 is 0. The van der Waals surface area contributed by atoms with Crippen molar-refractivity contribution in [2.24, 2.45) is 0 Å². The first kappa shape index (κ1) is 20.7. The van der Waals surface area contributed by atoms with Crippen LogP contribution in [0.5, 0.6) is 0 Å². The normalized spacial score (nSPS) is 21.1. The molecule has 1 aromatic rings. The highest BCUT2D eigenvalue weighted by atomic mass is 16.6. The number of hydrogen-bond acceptors (Lipinski definition) is 7. The van der Waals surface area contributed by atoms with Crippen LogP contribution in [0, 0.1) is 0 Å². The lowest BCUT2D eigenvalue weighted by atomic mass is 9.74. The predicted octanol–water partition coefficient (Wildman–Crippen LogP) is 2.14. The maximum Gasteiger partial charge on any atom is 0.410 e. The summed E-state index contributed by atoms with van der Waals surface area (Å²) in [4.78, 5) is 41.3. The number of para-hydroxylation sites is 1. The van der Waals surface area contributed by atoms with Gasteiger partial charge in [-0.3, -0.25) is 4.90 Å². The molecule has 0 bridgehead atoms. The molecule has 0 N–H and O–H groups in total. The van der Waals surface area contributed by atoms with Gasteiger partial charge in [0.1, 0.15) is 5.60 Å². The second-order valence-corrected chi connectivity index (χ2v) is 7.90. The number of carbonyl (C=O) groups is 3. The van der Waals surface area contributed by atoms with Crippen molar-refractivity contribution < 1.29 is 28.6 Å². The zero-order valence-electron chi connectivity index (χ0n) is 17.3. The Kier molecular flexibility index (Phi) is 5.55. The first-order valence-corrected chi connectivity index (χ1v) is 9.41. The molecule has 0 aromatic heterocycles. The minimum atomic E-state index is -0.687. The summed E-state index contributed by atoms with van der Waals surface area (Å²) in [6.45, 7) is 6.14. The lowest BCUT2D eigenvalue weighted by Gasteiger charge is -2.54. The zero-order valence-corrected chi connectivity index (χ0v) is 17.3. The first-order chi connectivity index (χ1) is 13.7. The fraction of sp³-hybridized carbons (Fsp3) is 0.476. The van der Waals surface area contributed by atoms with Crippen molar-refractivity contribution in [1.29, 1.82) is 0 Å². The molecule has 1 aliphatic carbocycles. The maximum atomic E-state index is 12.8. The van der Waals surface area contributed by atoms with Crippen LogP contribution in [0.25, 0.3) is 0 Å². The van der Waals surface area contributed by atoms with Crippen LogP contribution in [0.3, 0.4) is 0 Å². The van der Waals surface area contributed by atoms with E-state index in [0.717, 1.165) is 5.69 Å². The van der Waals surface area contributed by atoms with Gasteiger partial charge in [-0.05, 0) is 32.9 Å². The molecular formula is C21H26N2O6. The number of fused-ring (bicyclic) bond motifs is 1. The Labute approximate surface area is 170 Å². The van der Waals surface area contributed by atoms with E-state index >= 15 is 0 Å². The number of benzene rings is 1. The highest BCUT2D eigenvalue weighted by Crippen LogP contribution is 2.43. The third kappa shape index (κ3) is 3.79. The molecule has 0 unspecified atom stereocenters. The average molecular weight is 402 g/mol. The molecule has 1 fully saturated rings. The number of esters is 2. The summed E-state index contributed by atoms with van der Waals surface area (Å²) in [5, 5.41) is 0. The van der Waals surface area contributed by atoms with Crippen LogP contribution < -0.4 is 4.90 Å². The zero-order chi connectivity index (χ0) is 21.3. The number of anilines is 1. The standard InChI is InChI=1S/C21H26N2O6/c1-21(2,3)29-20(26)23-12-11-22(13-9-7-6-8-10-13)16-14(18(24)27-4)15(17(16)23)19(25)28-5/h6-10,16-17H,11-12H2,1-5H3/t16-,17+/m1/s1. The highest BCUT2D eigenvalue weighted by molar-refractivity contribution is 6.07. The molecule has 29 heavy (non-hydrogen) atoms. The molecule has 0 saturated carbocycles. The van der Waals surface area contributed by atoms with Gasteiger partial charge in [-0.15, -0.1) is 0 Å². The Bertz CT molecular complexity index is 842. The molecule has 8 heteroatoms. The third-order valence-corrected chi connectivity index (χ3v) is 4.96. The van der Waals surface area contributed by atoms with Gasteiger partial charge in [0, 0.05) is 18.8 Å². The van der Waals surface area contributed by atoms with E-state index in [9.17, 15) is 14.4 Å². The largest absolute Gasteiger partial charge is 0.466 e. The van der Waals surface area contributed by atoms with Gasteiger partial charge in [-0.25, -0.2) is 14.4 Å². The Hall–Kier alpha value is -3.03. The molecule has 1 aliphatic heterocycles. The third-order valence-electron chi connectivity index (χ3n) is 4.96. The van der Waals surface area contributed by atoms with Crippen LogP contribution >= 0.6 is 0 Å². The number of carbonyl (C=O) groups excluding carboxylic acids is 3. The van der Waals surface area contributed by atoms with Crippen molar-refractivity contribution in [3.63, 3.8) is 0 Å². The van der Waals surface area contributed by atoms with Gasteiger partial charge in [0.25, 0.3) is 0 Å². The average Bonchev–Trinajstić information content (AvgIpc) is 2.67. The Balaban J connectivity index is 2.06. The number of nitrogens with zero attached hydrogens (tertiary/aromatic N) is 2. The smallest absolute Gasteiger partial charge is 0.410 e. The number of rotatable bonds is 3. The summed E-state index contributed by atoms with van der Waals surface area (Å²) < 4.78 is 15.4. The maximum absolute atomic E-state index is 12.8. The van der Waals surface area contributed by atoms with Gasteiger partial charge in [-0.2, -0.15) is 0 Å². The van der Waals surface area contributed by atoms with Crippen LogP contribution in [0.2, 0.25) is 0 Å². The van der Waals surface area contributed by atoms with Gasteiger partial charge in [0.2, 0.25) is 0 Å². The van der Waals surface area contributed by atoms with Crippen LogP contribution in [-0.2, 0) is 23.8 Å². The SMILES string of the molecule is COC(=O)C1=C(C(=O)OC)[C@H]2[C@@H]1N(c1ccccc1)CCN2C(=O)OC(C)(C)C. The van der Waals surface area contributed by atoms with E-state index in [1.807, 2.05) is 35.2 Å². The molecule has 2 atom stereocenters. The van der Waals surface area contributed by atoms with Crippen LogP contribution in [-0.4, -0.2) is 67.9 Å². The van der Waals surface area contributed by atoms with Crippen LogP contribution in [0.1, 0.15) is 20.8 Å². The van der Waals surface area contributed by atoms with Crippen molar-refractivity contribution in [1.82, 2.24) is 4.90 Å². The summed E-state index contributed by atoms with van der Waals surface area (Å²) in [7, 11) is 2.51. The summed E-state index contributed by atoms with van der Waals surface area (Å²) in [6, 6.07) is 8.34. The van der Waals surface area contributed by atoms with E-state index in [0.29, 0.717) is 13.1 Å². The Morgan fingerprint density at radius 2 is 1.45 bits per heavy atom. The second-order valence-electron chi connectivity index (χ2n) is 7.90. The summed E-state index contributed by atoms with van der Waals surface area (Å²) in [6.07, 6.45) is -0.537. The van der Waals surface area contributed by atoms with Gasteiger partial charge in [0.05, 0.1) is 37.4 Å². The second kappa shape index (κ2) is 7.77. The van der Waals surface area contributed by atoms with Gasteiger partial charge < -0.3 is 19.1 Å². The minimum Gasteiger partial charge on any atom is -0.466 e. The number of amides is 1. The van der Waals surface area contributed by atoms with Crippen molar-refractivity contribution in [3.05, 3.63) is 41.5 Å². The molecule has 1 heterocycles. The van der Waals surface area contributed by atoms with E-state index < -0.39 is 35.7 Å². The molecular weight excluding hydrogens is 376 g/mol. The van der Waals surface area contributed by atoms with Crippen molar-refractivity contribution in [2.75, 3.05) is 32.2 Å². The van der Waals surface area contributed by atoms with Crippen LogP contribution in [0.15, 0.2) is 41.5 Å². The molecule has 2 aliphatic rings. The lowest BCUT2D eigenvalue weighted by Crippen LogP contribution is -2.69. The predicted molar refractivity (Wildman–Crippen MR) is 105 cm³/mol. The van der Waals surface area contributed by atoms with Crippen LogP contribution in [0.4, 0.5) is 10.5 Å². The fourth-order valence-electron chi connectivity index (χ4n) is 3.80. The van der Waals surface area contributed by atoms with Gasteiger partial charge >= 0.3 is 18.0 Å². The number of ether oxygens (including phenoxy) is 3. The first-order valence-electron chi connectivity index (χ1n) is 9.41. The number of piperazine rings is 1.